The van der Waals surface area contributed by atoms with Gasteiger partial charge in [0.1, 0.15) is 0 Å². The molecule has 5 nitrogen and oxygen atoms in total. The first kappa shape index (κ1) is 23.2. The van der Waals surface area contributed by atoms with Crippen LogP contribution in [-0.4, -0.2) is 49.6 Å². The first-order chi connectivity index (χ1) is 14.6. The van der Waals surface area contributed by atoms with E-state index in [1.807, 2.05) is 18.2 Å². The molecule has 0 atom stereocenters. The number of hydrogen-bond acceptors (Lipinski definition) is 4. The third-order valence-corrected chi connectivity index (χ3v) is 7.21. The Balaban J connectivity index is 1.32. The third-order valence-electron chi connectivity index (χ3n) is 6.40. The summed E-state index contributed by atoms with van der Waals surface area (Å²) in [5.74, 6) is 0.864. The van der Waals surface area contributed by atoms with Crippen molar-refractivity contribution in [1.29, 1.82) is 5.26 Å². The fraction of sp³-hybridized carbons (Fsp3) is 0.652. The molecule has 0 aromatic heterocycles. The Morgan fingerprint density at radius 2 is 1.87 bits per heavy atom. The van der Waals surface area contributed by atoms with E-state index in [1.165, 1.54) is 19.3 Å². The van der Waals surface area contributed by atoms with Gasteiger partial charge in [-0.2, -0.15) is 5.26 Å². The van der Waals surface area contributed by atoms with Gasteiger partial charge in [-0.1, -0.05) is 29.3 Å². The summed E-state index contributed by atoms with van der Waals surface area (Å²) in [5, 5.41) is 13.0. The SMILES string of the molecule is N#CCCCC(=O)NC1CCC(CCN2CCN(c3cccc(Cl)c3Cl)CC2)CC1. The Hall–Kier alpha value is -1.48. The molecule has 0 radical (unpaired) electrons. The molecule has 0 spiro atoms. The number of anilines is 1. The lowest BCUT2D eigenvalue weighted by molar-refractivity contribution is -0.122. The lowest BCUT2D eigenvalue weighted by Crippen LogP contribution is -2.47. The Morgan fingerprint density at radius 3 is 2.57 bits per heavy atom. The summed E-state index contributed by atoms with van der Waals surface area (Å²) in [6, 6.07) is 8.25. The van der Waals surface area contributed by atoms with Crippen LogP contribution in [0.1, 0.15) is 51.4 Å². The van der Waals surface area contributed by atoms with Crippen molar-refractivity contribution in [2.75, 3.05) is 37.6 Å². The van der Waals surface area contributed by atoms with E-state index in [-0.39, 0.29) is 5.91 Å². The summed E-state index contributed by atoms with van der Waals surface area (Å²) in [6.45, 7) is 5.20. The molecule has 1 aromatic carbocycles. The first-order valence-electron chi connectivity index (χ1n) is 11.1. The Morgan fingerprint density at radius 1 is 1.13 bits per heavy atom. The number of nitriles is 1. The van der Waals surface area contributed by atoms with E-state index < -0.39 is 0 Å². The molecule has 1 saturated heterocycles. The van der Waals surface area contributed by atoms with Crippen molar-refractivity contribution in [1.82, 2.24) is 10.2 Å². The van der Waals surface area contributed by atoms with Gasteiger partial charge in [0.25, 0.3) is 0 Å². The molecule has 1 aliphatic carbocycles. The van der Waals surface area contributed by atoms with Gasteiger partial charge >= 0.3 is 0 Å². The van der Waals surface area contributed by atoms with Crippen LogP contribution in [0.2, 0.25) is 10.0 Å². The number of benzene rings is 1. The minimum Gasteiger partial charge on any atom is -0.368 e. The maximum absolute atomic E-state index is 11.9. The van der Waals surface area contributed by atoms with E-state index in [1.54, 1.807) is 0 Å². The molecule has 3 rings (SSSR count). The third kappa shape index (κ3) is 6.77. The van der Waals surface area contributed by atoms with E-state index in [0.29, 0.717) is 35.3 Å². The lowest BCUT2D eigenvalue weighted by Gasteiger charge is -2.37. The highest BCUT2D eigenvalue weighted by Crippen LogP contribution is 2.33. The zero-order valence-corrected chi connectivity index (χ0v) is 19.1. The van der Waals surface area contributed by atoms with Gasteiger partial charge in [-0.3, -0.25) is 9.69 Å². The van der Waals surface area contributed by atoms with Gasteiger partial charge in [-0.05, 0) is 63.1 Å². The molecule has 1 amide bonds. The number of nitrogens with one attached hydrogen (secondary N) is 1. The predicted octanol–water partition coefficient (Wildman–Crippen LogP) is 4.87. The molecule has 0 bridgehead atoms. The van der Waals surface area contributed by atoms with E-state index in [9.17, 15) is 4.79 Å². The number of piperazine rings is 1. The van der Waals surface area contributed by atoms with Crippen LogP contribution >= 0.6 is 23.2 Å². The molecular weight excluding hydrogens is 419 g/mol. The second-order valence-electron chi connectivity index (χ2n) is 8.49. The predicted molar refractivity (Wildman–Crippen MR) is 123 cm³/mol. The monoisotopic (exact) mass is 450 g/mol. The van der Waals surface area contributed by atoms with E-state index in [4.69, 9.17) is 28.5 Å². The molecule has 30 heavy (non-hydrogen) atoms. The average Bonchev–Trinajstić information content (AvgIpc) is 2.76. The van der Waals surface area contributed by atoms with E-state index >= 15 is 0 Å². The average molecular weight is 451 g/mol. The first-order valence-corrected chi connectivity index (χ1v) is 11.9. The summed E-state index contributed by atoms with van der Waals surface area (Å²) in [7, 11) is 0. The van der Waals surface area contributed by atoms with Crippen LogP contribution in [0.3, 0.4) is 0 Å². The number of amides is 1. The maximum Gasteiger partial charge on any atom is 0.220 e. The molecule has 1 aliphatic heterocycles. The number of carbonyl (C=O) groups is 1. The molecule has 1 aromatic rings. The van der Waals surface area contributed by atoms with Crippen LogP contribution in [0.15, 0.2) is 18.2 Å². The van der Waals surface area contributed by atoms with Crippen molar-refractivity contribution < 1.29 is 4.79 Å². The smallest absolute Gasteiger partial charge is 0.220 e. The van der Waals surface area contributed by atoms with Crippen molar-refractivity contribution in [3.05, 3.63) is 28.2 Å². The van der Waals surface area contributed by atoms with Crippen molar-refractivity contribution in [3.63, 3.8) is 0 Å². The van der Waals surface area contributed by atoms with Gasteiger partial charge in [0.15, 0.2) is 0 Å². The highest BCUT2D eigenvalue weighted by atomic mass is 35.5. The Labute approximate surface area is 190 Å². The number of unbranched alkanes of at least 4 members (excludes halogenated alkanes) is 1. The topological polar surface area (TPSA) is 59.4 Å². The lowest BCUT2D eigenvalue weighted by atomic mass is 9.84. The van der Waals surface area contributed by atoms with Crippen molar-refractivity contribution >= 4 is 34.8 Å². The molecule has 1 saturated carbocycles. The summed E-state index contributed by atoms with van der Waals surface area (Å²) in [4.78, 5) is 16.8. The molecular formula is C23H32Cl2N4O. The maximum atomic E-state index is 11.9. The van der Waals surface area contributed by atoms with Gasteiger partial charge in [0.05, 0.1) is 21.8 Å². The fourth-order valence-corrected chi connectivity index (χ4v) is 4.95. The normalized spacial score (nSPS) is 22.5. The Bertz CT molecular complexity index is 735. The van der Waals surface area contributed by atoms with Crippen LogP contribution in [0, 0.1) is 17.2 Å². The second kappa shape index (κ2) is 11.8. The van der Waals surface area contributed by atoms with Crippen LogP contribution in [0.5, 0.6) is 0 Å². The minimum atomic E-state index is 0.103. The van der Waals surface area contributed by atoms with Crippen molar-refractivity contribution in [2.24, 2.45) is 5.92 Å². The van der Waals surface area contributed by atoms with Gasteiger partial charge in [-0.15, -0.1) is 0 Å². The largest absolute Gasteiger partial charge is 0.368 e. The second-order valence-corrected chi connectivity index (χ2v) is 9.27. The number of carbonyl (C=O) groups excluding carboxylic acids is 1. The zero-order chi connectivity index (χ0) is 21.3. The molecule has 164 valence electrons. The molecule has 1 heterocycles. The number of hydrogen-bond donors (Lipinski definition) is 1. The molecule has 2 fully saturated rings. The van der Waals surface area contributed by atoms with Gasteiger partial charge in [0.2, 0.25) is 5.91 Å². The fourth-order valence-electron chi connectivity index (χ4n) is 4.54. The van der Waals surface area contributed by atoms with Crippen LogP contribution in [-0.2, 0) is 4.79 Å². The zero-order valence-electron chi connectivity index (χ0n) is 17.6. The van der Waals surface area contributed by atoms with E-state index in [2.05, 4.69) is 21.2 Å². The summed E-state index contributed by atoms with van der Waals surface area (Å²) in [5.41, 5.74) is 1.04. The van der Waals surface area contributed by atoms with Crippen molar-refractivity contribution in [3.8, 4) is 6.07 Å². The highest BCUT2D eigenvalue weighted by molar-refractivity contribution is 6.43. The number of halogens is 2. The number of nitrogens with zero attached hydrogens (tertiary/aromatic N) is 3. The standard InChI is InChI=1S/C23H32Cl2N4O/c24-20-4-3-5-21(23(20)25)29-16-14-28(15-17-29)13-11-18-7-9-19(10-8-18)27-22(30)6-1-2-12-26/h3-5,18-19H,1-2,6-11,13-17H2,(H,27,30). The molecule has 0 unspecified atom stereocenters. The molecule has 1 N–H and O–H groups in total. The van der Waals surface area contributed by atoms with E-state index in [0.717, 1.165) is 57.2 Å². The van der Waals surface area contributed by atoms with Crippen LogP contribution in [0.4, 0.5) is 5.69 Å². The summed E-state index contributed by atoms with van der Waals surface area (Å²) < 4.78 is 0. The van der Waals surface area contributed by atoms with Crippen molar-refractivity contribution in [2.45, 2.75) is 57.4 Å². The highest BCUT2D eigenvalue weighted by Gasteiger charge is 2.24. The minimum absolute atomic E-state index is 0.103. The van der Waals surface area contributed by atoms with Gasteiger partial charge in [-0.25, -0.2) is 0 Å². The number of rotatable bonds is 8. The van der Waals surface area contributed by atoms with Crippen LogP contribution in [0.25, 0.3) is 0 Å². The Kier molecular flexibility index (Phi) is 9.11. The van der Waals surface area contributed by atoms with Gasteiger partial charge < -0.3 is 10.2 Å². The summed E-state index contributed by atoms with van der Waals surface area (Å²) >= 11 is 12.5. The van der Waals surface area contributed by atoms with Gasteiger partial charge in [0, 0.05) is 45.1 Å². The summed E-state index contributed by atoms with van der Waals surface area (Å²) in [6.07, 6.45) is 7.38. The molecule has 7 heteroatoms. The van der Waals surface area contributed by atoms with Crippen LogP contribution < -0.4 is 10.2 Å². The molecule has 2 aliphatic rings. The quantitative estimate of drug-likeness (QED) is 0.573.